The fourth-order valence-corrected chi connectivity index (χ4v) is 5.72. The molecule has 160 valence electrons. The number of fused-ring (bicyclic) bond motifs is 2. The van der Waals surface area contributed by atoms with Crippen molar-refractivity contribution in [3.05, 3.63) is 53.6 Å². The molecular weight excluding hydrogens is 412 g/mol. The van der Waals surface area contributed by atoms with Gasteiger partial charge in [-0.05, 0) is 62.1 Å². The number of nitrogens with zero attached hydrogens (tertiary/aromatic N) is 3. The highest BCUT2D eigenvalue weighted by Gasteiger charge is 2.31. The van der Waals surface area contributed by atoms with Gasteiger partial charge in [-0.15, -0.1) is 0 Å². The van der Waals surface area contributed by atoms with Crippen molar-refractivity contribution < 1.29 is 13.2 Å². The molecule has 0 radical (unpaired) electrons. The molecule has 5 rings (SSSR count). The van der Waals surface area contributed by atoms with Gasteiger partial charge in [0.15, 0.2) is 5.65 Å². The number of benzene rings is 2. The van der Waals surface area contributed by atoms with Gasteiger partial charge in [-0.25, -0.2) is 18.4 Å². The Balaban J connectivity index is 1.79. The standard InChI is InChI=1S/C23H24N4O3S/c1-14-9-10-17(12-15(14)2)31(28,29)21-20-23(26-19-8-4-3-7-18(19)25-20)27(22(21)24)13-16-6-5-11-30-16/h3-4,7-10,12,16H,5-6,11,13,24H2,1-2H3/t16-/m0/s1. The molecule has 0 saturated carbocycles. The van der Waals surface area contributed by atoms with Crippen LogP contribution >= 0.6 is 0 Å². The van der Waals surface area contributed by atoms with Gasteiger partial charge in [0.25, 0.3) is 0 Å². The first-order chi connectivity index (χ1) is 14.9. The van der Waals surface area contributed by atoms with Gasteiger partial charge >= 0.3 is 0 Å². The first-order valence-electron chi connectivity index (χ1n) is 10.3. The highest BCUT2D eigenvalue weighted by Crippen LogP contribution is 2.36. The number of nitrogen functional groups attached to an aromatic ring is 1. The summed E-state index contributed by atoms with van der Waals surface area (Å²) in [6.45, 7) is 4.99. The molecule has 0 aliphatic carbocycles. The minimum atomic E-state index is -3.91. The molecular formula is C23H24N4O3S. The van der Waals surface area contributed by atoms with Crippen molar-refractivity contribution in [3.63, 3.8) is 0 Å². The van der Waals surface area contributed by atoms with E-state index >= 15 is 0 Å². The van der Waals surface area contributed by atoms with E-state index in [2.05, 4.69) is 4.98 Å². The van der Waals surface area contributed by atoms with Crippen LogP contribution in [0.4, 0.5) is 5.82 Å². The molecule has 4 aromatic rings. The van der Waals surface area contributed by atoms with Crippen LogP contribution in [0.2, 0.25) is 0 Å². The third-order valence-corrected chi connectivity index (χ3v) is 7.83. The topological polar surface area (TPSA) is 100 Å². The fraction of sp³-hybridized carbons (Fsp3) is 0.304. The van der Waals surface area contributed by atoms with Crippen molar-refractivity contribution in [1.29, 1.82) is 0 Å². The minimum Gasteiger partial charge on any atom is -0.384 e. The number of hydrogen-bond donors (Lipinski definition) is 1. The molecule has 0 bridgehead atoms. The van der Waals surface area contributed by atoms with Crippen LogP contribution < -0.4 is 5.73 Å². The predicted octanol–water partition coefficient (Wildman–Crippen LogP) is 3.80. The second kappa shape index (κ2) is 7.32. The van der Waals surface area contributed by atoms with Gasteiger partial charge in [0.2, 0.25) is 9.84 Å². The van der Waals surface area contributed by atoms with Crippen molar-refractivity contribution >= 4 is 37.9 Å². The van der Waals surface area contributed by atoms with E-state index < -0.39 is 9.84 Å². The zero-order chi connectivity index (χ0) is 21.8. The quantitative estimate of drug-likeness (QED) is 0.522. The zero-order valence-corrected chi connectivity index (χ0v) is 18.3. The highest BCUT2D eigenvalue weighted by molar-refractivity contribution is 7.92. The van der Waals surface area contributed by atoms with Crippen LogP contribution in [-0.2, 0) is 21.1 Å². The van der Waals surface area contributed by atoms with E-state index in [9.17, 15) is 8.42 Å². The van der Waals surface area contributed by atoms with E-state index in [1.165, 1.54) is 0 Å². The Morgan fingerprint density at radius 1 is 1.10 bits per heavy atom. The molecule has 3 heterocycles. The van der Waals surface area contributed by atoms with Crippen molar-refractivity contribution in [1.82, 2.24) is 14.5 Å². The molecule has 2 N–H and O–H groups in total. The number of sulfone groups is 1. The monoisotopic (exact) mass is 436 g/mol. The van der Waals surface area contributed by atoms with Crippen LogP contribution in [0.25, 0.3) is 22.2 Å². The lowest BCUT2D eigenvalue weighted by atomic mass is 10.1. The molecule has 0 amide bonds. The Kier molecular flexibility index (Phi) is 4.71. The Morgan fingerprint density at radius 3 is 2.52 bits per heavy atom. The van der Waals surface area contributed by atoms with Crippen molar-refractivity contribution in [2.45, 2.75) is 49.1 Å². The number of ether oxygens (including phenoxy) is 1. The van der Waals surface area contributed by atoms with Gasteiger partial charge < -0.3 is 15.0 Å². The lowest BCUT2D eigenvalue weighted by Crippen LogP contribution is -2.17. The van der Waals surface area contributed by atoms with Crippen LogP contribution in [0, 0.1) is 13.8 Å². The second-order valence-electron chi connectivity index (χ2n) is 8.09. The zero-order valence-electron chi connectivity index (χ0n) is 17.5. The molecule has 0 spiro atoms. The smallest absolute Gasteiger partial charge is 0.212 e. The average molecular weight is 437 g/mol. The summed E-state index contributed by atoms with van der Waals surface area (Å²) in [7, 11) is -3.91. The van der Waals surface area contributed by atoms with Gasteiger partial charge in [-0.2, -0.15) is 0 Å². The largest absolute Gasteiger partial charge is 0.384 e. The SMILES string of the molecule is Cc1ccc(S(=O)(=O)c2c(N)n(C[C@@H]3CCCO3)c3nc4ccccc4nc23)cc1C. The van der Waals surface area contributed by atoms with Crippen LogP contribution in [-0.4, -0.2) is 35.7 Å². The van der Waals surface area contributed by atoms with Gasteiger partial charge in [0.1, 0.15) is 16.2 Å². The summed E-state index contributed by atoms with van der Waals surface area (Å²) in [6.07, 6.45) is 1.86. The van der Waals surface area contributed by atoms with Crippen LogP contribution in [0.15, 0.2) is 52.3 Å². The van der Waals surface area contributed by atoms with Gasteiger partial charge in [0.05, 0.1) is 28.6 Å². The van der Waals surface area contributed by atoms with E-state index in [1.54, 1.807) is 16.7 Å². The number of hydrogen-bond acceptors (Lipinski definition) is 6. The number of nitrogens with two attached hydrogens (primary N) is 1. The predicted molar refractivity (Wildman–Crippen MR) is 120 cm³/mol. The summed E-state index contributed by atoms with van der Waals surface area (Å²) in [5.74, 6) is 0.152. The molecule has 1 aliphatic rings. The molecule has 2 aromatic heterocycles. The summed E-state index contributed by atoms with van der Waals surface area (Å²) in [5.41, 5.74) is 10.5. The number of rotatable bonds is 4. The van der Waals surface area contributed by atoms with Gasteiger partial charge in [-0.1, -0.05) is 18.2 Å². The Bertz CT molecular complexity index is 1420. The maximum atomic E-state index is 13.7. The van der Waals surface area contributed by atoms with Crippen LogP contribution in [0.1, 0.15) is 24.0 Å². The summed E-state index contributed by atoms with van der Waals surface area (Å²) in [4.78, 5) is 9.64. The lowest BCUT2D eigenvalue weighted by Gasteiger charge is -2.13. The van der Waals surface area contributed by atoms with E-state index in [0.29, 0.717) is 35.3 Å². The first-order valence-corrected chi connectivity index (χ1v) is 11.8. The molecule has 1 atom stereocenters. The summed E-state index contributed by atoms with van der Waals surface area (Å²) >= 11 is 0. The molecule has 8 heteroatoms. The van der Waals surface area contributed by atoms with Gasteiger partial charge in [-0.3, -0.25) is 0 Å². The fourth-order valence-electron chi connectivity index (χ4n) is 4.13. The van der Waals surface area contributed by atoms with E-state index in [-0.39, 0.29) is 21.7 Å². The van der Waals surface area contributed by atoms with Gasteiger partial charge in [0, 0.05) is 6.61 Å². The maximum absolute atomic E-state index is 13.7. The van der Waals surface area contributed by atoms with Crippen LogP contribution in [0.5, 0.6) is 0 Å². The molecule has 7 nitrogen and oxygen atoms in total. The minimum absolute atomic E-state index is 0.0157. The first kappa shape index (κ1) is 20.0. The van der Waals surface area contributed by atoms with E-state index in [1.807, 2.05) is 44.2 Å². The summed E-state index contributed by atoms with van der Waals surface area (Å²) in [6, 6.07) is 12.5. The van der Waals surface area contributed by atoms with Crippen molar-refractivity contribution in [3.8, 4) is 0 Å². The highest BCUT2D eigenvalue weighted by atomic mass is 32.2. The molecule has 31 heavy (non-hydrogen) atoms. The number of aromatic nitrogens is 3. The molecule has 0 unspecified atom stereocenters. The molecule has 1 aliphatic heterocycles. The van der Waals surface area contributed by atoms with E-state index in [4.69, 9.17) is 15.5 Å². The summed E-state index contributed by atoms with van der Waals surface area (Å²) < 4.78 is 35.0. The normalized spacial score (nSPS) is 17.0. The number of anilines is 1. The third-order valence-electron chi connectivity index (χ3n) is 6.01. The Hall–Kier alpha value is -2.97. The number of aryl methyl sites for hydroxylation is 2. The lowest BCUT2D eigenvalue weighted by molar-refractivity contribution is 0.0983. The molecule has 2 aromatic carbocycles. The Labute approximate surface area is 180 Å². The second-order valence-corrected chi connectivity index (χ2v) is 9.98. The number of para-hydroxylation sites is 2. The van der Waals surface area contributed by atoms with Crippen molar-refractivity contribution in [2.24, 2.45) is 0 Å². The van der Waals surface area contributed by atoms with Crippen molar-refractivity contribution in [2.75, 3.05) is 12.3 Å². The maximum Gasteiger partial charge on any atom is 0.212 e. The summed E-state index contributed by atoms with van der Waals surface area (Å²) in [5, 5.41) is 0. The molecule has 1 fully saturated rings. The third kappa shape index (κ3) is 3.26. The van der Waals surface area contributed by atoms with Crippen LogP contribution in [0.3, 0.4) is 0 Å². The molecule has 1 saturated heterocycles. The Morgan fingerprint density at radius 2 is 1.84 bits per heavy atom. The average Bonchev–Trinajstić information content (AvgIpc) is 3.35. The van der Waals surface area contributed by atoms with E-state index in [0.717, 1.165) is 24.0 Å².